The third-order valence-corrected chi connectivity index (χ3v) is 6.53. The number of hydrogen-bond acceptors (Lipinski definition) is 9. The molecule has 0 aliphatic carbocycles. The predicted molar refractivity (Wildman–Crippen MR) is 148 cm³/mol. The largest absolute Gasteiger partial charge is 0.493 e. The van der Waals surface area contributed by atoms with E-state index in [2.05, 4.69) is 20.5 Å². The van der Waals surface area contributed by atoms with Gasteiger partial charge in [0, 0.05) is 11.8 Å². The zero-order valence-corrected chi connectivity index (χ0v) is 23.2. The Morgan fingerprint density at radius 1 is 1.00 bits per heavy atom. The molecule has 0 spiro atoms. The van der Waals surface area contributed by atoms with E-state index in [9.17, 15) is 18.0 Å². The second-order valence-electron chi connectivity index (χ2n) is 8.61. The summed E-state index contributed by atoms with van der Waals surface area (Å²) < 4.78 is 48.1. The van der Waals surface area contributed by atoms with Crippen LogP contribution in [0.4, 0.5) is 18.3 Å². The number of aliphatic carboxylic acids is 1. The molecule has 218 valence electrons. The lowest BCUT2D eigenvalue weighted by atomic mass is 10.1. The second kappa shape index (κ2) is 12.7. The number of amides is 1. The summed E-state index contributed by atoms with van der Waals surface area (Å²) in [6.45, 7) is 1.87. The molecule has 42 heavy (non-hydrogen) atoms. The van der Waals surface area contributed by atoms with Gasteiger partial charge >= 0.3 is 12.1 Å². The molecule has 0 bridgehead atoms. The van der Waals surface area contributed by atoms with Gasteiger partial charge in [0.25, 0.3) is 5.91 Å². The number of carboxylic acids is 1. The maximum absolute atomic E-state index is 13.3. The van der Waals surface area contributed by atoms with Gasteiger partial charge in [-0.05, 0) is 48.9 Å². The monoisotopic (exact) mass is 600 g/mol. The first-order valence-electron chi connectivity index (χ1n) is 12.1. The number of alkyl halides is 3. The third-order valence-electron chi connectivity index (χ3n) is 5.69. The maximum atomic E-state index is 13.3. The van der Waals surface area contributed by atoms with E-state index in [0.29, 0.717) is 45.6 Å². The van der Waals surface area contributed by atoms with Crippen molar-refractivity contribution >= 4 is 39.2 Å². The van der Waals surface area contributed by atoms with Crippen molar-refractivity contribution in [1.82, 2.24) is 15.2 Å². The summed E-state index contributed by atoms with van der Waals surface area (Å²) in [4.78, 5) is 26.8. The molecule has 2 aromatic carbocycles. The number of carbonyl (C=O) groups excluding carboxylic acids is 1. The van der Waals surface area contributed by atoms with Crippen molar-refractivity contribution in [3.8, 4) is 23.0 Å². The smallest absolute Gasteiger partial charge is 0.490 e. The normalized spacial score (nSPS) is 11.0. The Morgan fingerprint density at radius 2 is 1.71 bits per heavy atom. The average molecular weight is 601 g/mol. The van der Waals surface area contributed by atoms with Gasteiger partial charge in [0.1, 0.15) is 16.5 Å². The first-order valence-corrected chi connectivity index (χ1v) is 12.9. The van der Waals surface area contributed by atoms with Crippen molar-refractivity contribution in [1.29, 1.82) is 0 Å². The summed E-state index contributed by atoms with van der Waals surface area (Å²) in [6.07, 6.45) is -4.53. The molecular formula is C28H23F3N4O6S. The van der Waals surface area contributed by atoms with Gasteiger partial charge in [-0.1, -0.05) is 35.6 Å². The molecule has 5 aromatic rings. The van der Waals surface area contributed by atoms with Gasteiger partial charge in [-0.2, -0.15) is 13.2 Å². The number of halogens is 3. The predicted octanol–water partition coefficient (Wildman–Crippen LogP) is 6.15. The molecule has 0 saturated carbocycles. The number of ether oxygens (including phenoxy) is 2. The van der Waals surface area contributed by atoms with E-state index in [1.54, 1.807) is 20.3 Å². The number of hydrogen-bond donors (Lipinski definition) is 2. The Hall–Kier alpha value is -4.98. The van der Waals surface area contributed by atoms with Crippen LogP contribution in [0.1, 0.15) is 26.7 Å². The van der Waals surface area contributed by atoms with Gasteiger partial charge in [-0.3, -0.25) is 10.1 Å². The number of fused-ring (bicyclic) bond motifs is 1. The highest BCUT2D eigenvalue weighted by Crippen LogP contribution is 2.30. The summed E-state index contributed by atoms with van der Waals surface area (Å²) in [6, 6.07) is 18.7. The fourth-order valence-electron chi connectivity index (χ4n) is 3.77. The Morgan fingerprint density at radius 3 is 2.36 bits per heavy atom. The number of nitrogens with one attached hydrogen (secondary N) is 1. The van der Waals surface area contributed by atoms with E-state index >= 15 is 0 Å². The molecule has 0 saturated heterocycles. The number of rotatable bonds is 7. The second-order valence-corrected chi connectivity index (χ2v) is 9.67. The quantitative estimate of drug-likeness (QED) is 0.225. The Balaban J connectivity index is 0.000000517. The third kappa shape index (κ3) is 7.20. The van der Waals surface area contributed by atoms with E-state index in [-0.39, 0.29) is 5.91 Å². The molecule has 14 heteroatoms. The fourth-order valence-corrected chi connectivity index (χ4v) is 4.54. The fraction of sp³-hybridized carbons (Fsp3) is 0.179. The van der Waals surface area contributed by atoms with Crippen LogP contribution in [0.15, 0.2) is 65.1 Å². The average Bonchev–Trinajstić information content (AvgIpc) is 3.60. The first-order chi connectivity index (χ1) is 20.0. The zero-order valence-electron chi connectivity index (χ0n) is 22.4. The molecular weight excluding hydrogens is 577 g/mol. The number of aryl methyl sites for hydroxylation is 1. The number of para-hydroxylation sites is 1. The summed E-state index contributed by atoms with van der Waals surface area (Å²) >= 11 is 1.32. The number of carbonyl (C=O) groups is 2. The topological polar surface area (TPSA) is 137 Å². The van der Waals surface area contributed by atoms with Crippen LogP contribution >= 0.6 is 11.3 Å². The molecule has 0 aliphatic heterocycles. The molecule has 3 aromatic heterocycles. The minimum absolute atomic E-state index is 0.290. The zero-order chi connectivity index (χ0) is 30.4. The number of benzene rings is 2. The van der Waals surface area contributed by atoms with Crippen LogP contribution in [-0.4, -0.2) is 52.6 Å². The molecule has 5 rings (SSSR count). The SMILES string of the molecule is COc1ccc(Cc2nnc(NC(=O)c3cc(-c4ccc(C)o4)nc4ccccc34)s2)cc1OC.O=C(O)C(F)(F)F. The molecule has 0 unspecified atom stereocenters. The lowest BCUT2D eigenvalue weighted by Crippen LogP contribution is -2.21. The summed E-state index contributed by atoms with van der Waals surface area (Å²) in [5.74, 6) is -0.355. The standard InChI is InChI=1S/C26H22N4O4S.C2HF3O2/c1-15-8-10-21(34-15)20-14-18(17-6-4-5-7-19(17)27-20)25(31)28-26-30-29-24(35-26)13-16-9-11-22(32-2)23(12-16)33-3;3-2(4,5)1(6)7/h4-12,14H,13H2,1-3H3,(H,28,30,31);(H,6,7). The number of aromatic nitrogens is 3. The van der Waals surface area contributed by atoms with E-state index in [1.807, 2.05) is 61.5 Å². The van der Waals surface area contributed by atoms with Crippen LogP contribution in [0.5, 0.6) is 11.5 Å². The van der Waals surface area contributed by atoms with Crippen LogP contribution in [0.25, 0.3) is 22.4 Å². The Bertz CT molecular complexity index is 1730. The lowest BCUT2D eigenvalue weighted by molar-refractivity contribution is -0.192. The minimum Gasteiger partial charge on any atom is -0.493 e. The minimum atomic E-state index is -5.08. The van der Waals surface area contributed by atoms with Gasteiger partial charge < -0.3 is 19.0 Å². The van der Waals surface area contributed by atoms with Crippen LogP contribution in [0.3, 0.4) is 0 Å². The van der Waals surface area contributed by atoms with Crippen LogP contribution in [0, 0.1) is 6.92 Å². The van der Waals surface area contributed by atoms with Crippen LogP contribution < -0.4 is 14.8 Å². The van der Waals surface area contributed by atoms with Crippen molar-refractivity contribution < 1.29 is 41.8 Å². The Kier molecular flexibility index (Phi) is 9.06. The molecule has 0 fully saturated rings. The number of nitrogens with zero attached hydrogens (tertiary/aromatic N) is 3. The molecule has 1 amide bonds. The van der Waals surface area contributed by atoms with Gasteiger partial charge in [0.05, 0.1) is 25.3 Å². The summed E-state index contributed by atoms with van der Waals surface area (Å²) in [5.41, 5.74) is 2.77. The summed E-state index contributed by atoms with van der Waals surface area (Å²) in [5, 5.41) is 20.3. The molecule has 10 nitrogen and oxygen atoms in total. The van der Waals surface area contributed by atoms with E-state index in [0.717, 1.165) is 21.7 Å². The van der Waals surface area contributed by atoms with Crippen molar-refractivity contribution in [3.63, 3.8) is 0 Å². The van der Waals surface area contributed by atoms with Crippen molar-refractivity contribution in [2.45, 2.75) is 19.5 Å². The Labute approximate surface area is 240 Å². The first kappa shape index (κ1) is 30.0. The highest BCUT2D eigenvalue weighted by atomic mass is 32.1. The molecule has 3 heterocycles. The molecule has 2 N–H and O–H groups in total. The number of carboxylic acid groups (broad SMARTS) is 1. The maximum Gasteiger partial charge on any atom is 0.490 e. The van der Waals surface area contributed by atoms with Crippen molar-refractivity contribution in [3.05, 3.63) is 82.6 Å². The molecule has 0 atom stereocenters. The van der Waals surface area contributed by atoms with E-state index in [4.69, 9.17) is 23.8 Å². The van der Waals surface area contributed by atoms with Gasteiger partial charge in [0.15, 0.2) is 17.3 Å². The summed E-state index contributed by atoms with van der Waals surface area (Å²) in [7, 11) is 3.20. The van der Waals surface area contributed by atoms with Crippen LogP contribution in [0.2, 0.25) is 0 Å². The van der Waals surface area contributed by atoms with Crippen molar-refractivity contribution in [2.75, 3.05) is 19.5 Å². The van der Waals surface area contributed by atoms with Crippen LogP contribution in [-0.2, 0) is 11.2 Å². The number of methoxy groups -OCH3 is 2. The van der Waals surface area contributed by atoms with Gasteiger partial charge in [-0.25, -0.2) is 9.78 Å². The van der Waals surface area contributed by atoms with E-state index < -0.39 is 12.1 Å². The highest BCUT2D eigenvalue weighted by Gasteiger charge is 2.38. The lowest BCUT2D eigenvalue weighted by Gasteiger charge is -2.08. The van der Waals surface area contributed by atoms with Gasteiger partial charge in [0.2, 0.25) is 5.13 Å². The molecule has 0 radical (unpaired) electrons. The number of furan rings is 1. The highest BCUT2D eigenvalue weighted by molar-refractivity contribution is 7.15. The number of anilines is 1. The van der Waals surface area contributed by atoms with Crippen molar-refractivity contribution in [2.24, 2.45) is 0 Å². The number of pyridine rings is 1. The molecule has 0 aliphatic rings. The van der Waals surface area contributed by atoms with Gasteiger partial charge in [-0.15, -0.1) is 10.2 Å². The van der Waals surface area contributed by atoms with E-state index in [1.165, 1.54) is 11.3 Å².